The summed E-state index contributed by atoms with van der Waals surface area (Å²) in [5, 5.41) is 21.8. The van der Waals surface area contributed by atoms with Gasteiger partial charge in [0.15, 0.2) is 0 Å². The third-order valence-corrected chi connectivity index (χ3v) is 7.56. The Balaban J connectivity index is 3.25. The maximum atomic E-state index is 13.0. The van der Waals surface area contributed by atoms with E-state index in [1.165, 1.54) is 0 Å². The van der Waals surface area contributed by atoms with Crippen LogP contribution in [0.15, 0.2) is 0 Å². The summed E-state index contributed by atoms with van der Waals surface area (Å²) in [5.41, 5.74) is 0. The van der Waals surface area contributed by atoms with Crippen LogP contribution < -0.4 is 0 Å². The normalized spacial score (nSPS) is 43.5. The number of carbonyl (C=O) groups is 2. The van der Waals surface area contributed by atoms with Crippen LogP contribution in [0.25, 0.3) is 0 Å². The average Bonchev–Trinajstić information content (AvgIpc) is 2.71. The van der Waals surface area contributed by atoms with E-state index in [-0.39, 0.29) is 35.4 Å². The smallest absolute Gasteiger partial charge is 0.311 e. The zero-order valence-electron chi connectivity index (χ0n) is 19.7. The Morgan fingerprint density at radius 2 is 1.41 bits per heavy atom. The van der Waals surface area contributed by atoms with Crippen LogP contribution in [0.4, 0.5) is 0 Å². The van der Waals surface area contributed by atoms with E-state index in [0.717, 1.165) is 12.8 Å². The van der Waals surface area contributed by atoms with Crippen LogP contribution in [-0.2, 0) is 14.3 Å². The lowest BCUT2D eigenvalue weighted by atomic mass is 9.73. The molecule has 10 unspecified atom stereocenters. The second kappa shape index (κ2) is 11.5. The molecule has 29 heavy (non-hydrogen) atoms. The van der Waals surface area contributed by atoms with Gasteiger partial charge < -0.3 is 14.9 Å². The molecule has 2 N–H and O–H groups in total. The van der Waals surface area contributed by atoms with Gasteiger partial charge in [-0.15, -0.1) is 0 Å². The van der Waals surface area contributed by atoms with Gasteiger partial charge in [0, 0.05) is 17.8 Å². The fourth-order valence-electron chi connectivity index (χ4n) is 4.70. The van der Waals surface area contributed by atoms with Crippen LogP contribution in [0.3, 0.4) is 0 Å². The summed E-state index contributed by atoms with van der Waals surface area (Å²) < 4.78 is 5.81. The van der Waals surface area contributed by atoms with Gasteiger partial charge in [0.05, 0.1) is 18.1 Å². The van der Waals surface area contributed by atoms with Crippen molar-refractivity contribution in [1.29, 1.82) is 0 Å². The van der Waals surface area contributed by atoms with Crippen molar-refractivity contribution in [1.82, 2.24) is 0 Å². The molecular weight excluding hydrogens is 368 g/mol. The minimum Gasteiger partial charge on any atom is -0.462 e. The predicted molar refractivity (Wildman–Crippen MR) is 115 cm³/mol. The van der Waals surface area contributed by atoms with E-state index >= 15 is 0 Å². The molecule has 1 rings (SSSR count). The summed E-state index contributed by atoms with van der Waals surface area (Å²) >= 11 is 0. The van der Waals surface area contributed by atoms with Crippen LogP contribution >= 0.6 is 0 Å². The van der Waals surface area contributed by atoms with E-state index in [0.29, 0.717) is 12.8 Å². The largest absolute Gasteiger partial charge is 0.462 e. The van der Waals surface area contributed by atoms with E-state index < -0.39 is 36.1 Å². The van der Waals surface area contributed by atoms with Crippen molar-refractivity contribution in [2.45, 2.75) is 99.4 Å². The highest BCUT2D eigenvalue weighted by Gasteiger charge is 2.39. The molecule has 0 radical (unpaired) electrons. The Morgan fingerprint density at radius 3 is 1.97 bits per heavy atom. The highest BCUT2D eigenvalue weighted by atomic mass is 16.5. The fourth-order valence-corrected chi connectivity index (χ4v) is 4.70. The summed E-state index contributed by atoms with van der Waals surface area (Å²) in [7, 11) is 0. The molecule has 1 saturated heterocycles. The minimum atomic E-state index is -0.866. The number of esters is 1. The Bertz CT molecular complexity index is 533. The fraction of sp³-hybridized carbons (Fsp3) is 0.917. The summed E-state index contributed by atoms with van der Waals surface area (Å²) in [6, 6.07) is 0. The van der Waals surface area contributed by atoms with E-state index in [2.05, 4.69) is 20.8 Å². The van der Waals surface area contributed by atoms with Crippen LogP contribution in [-0.4, -0.2) is 40.3 Å². The first-order valence-electron chi connectivity index (χ1n) is 11.5. The number of aliphatic hydroxyl groups excluding tert-OH is 2. The third-order valence-electron chi connectivity index (χ3n) is 7.56. The molecule has 10 atom stereocenters. The second-order valence-corrected chi connectivity index (χ2v) is 9.77. The standard InChI is InChI=1S/C24H44O5/c1-9-10-11-20-17(6)23(27)18(7)21(25)14(3)12-13(2)15(4)16(5)22(26)19(8)24(28)29-20/h13-20,22-23,26-27H,9-12H2,1-8H3. The number of rotatable bonds is 3. The van der Waals surface area contributed by atoms with E-state index in [9.17, 15) is 19.8 Å². The third kappa shape index (κ3) is 6.52. The topological polar surface area (TPSA) is 83.8 Å². The highest BCUT2D eigenvalue weighted by molar-refractivity contribution is 5.83. The number of Topliss-reactive ketones (excluding diaryl/α,β-unsaturated/α-hetero) is 1. The Kier molecular flexibility index (Phi) is 10.3. The number of ketones is 1. The molecule has 0 aromatic rings. The molecule has 0 aromatic heterocycles. The van der Waals surface area contributed by atoms with Gasteiger partial charge in [-0.2, -0.15) is 0 Å². The number of unbranched alkanes of at least 4 members (excludes halogenated alkanes) is 1. The molecule has 0 aliphatic carbocycles. The quantitative estimate of drug-likeness (QED) is 0.678. The van der Waals surface area contributed by atoms with Gasteiger partial charge in [-0.3, -0.25) is 9.59 Å². The lowest BCUT2D eigenvalue weighted by Gasteiger charge is -2.36. The lowest BCUT2D eigenvalue weighted by Crippen LogP contribution is -2.44. The molecule has 0 saturated carbocycles. The van der Waals surface area contributed by atoms with Crippen LogP contribution in [0.1, 0.15) is 81.1 Å². The predicted octanol–water partition coefficient (Wildman–Crippen LogP) is 4.24. The maximum Gasteiger partial charge on any atom is 0.311 e. The number of hydrogen-bond donors (Lipinski definition) is 2. The number of hydrogen-bond acceptors (Lipinski definition) is 5. The summed E-state index contributed by atoms with van der Waals surface area (Å²) in [6.07, 6.45) is 1.04. The van der Waals surface area contributed by atoms with Gasteiger partial charge in [-0.05, 0) is 37.5 Å². The molecule has 1 heterocycles. The van der Waals surface area contributed by atoms with E-state index in [1.807, 2.05) is 20.8 Å². The first-order chi connectivity index (χ1) is 13.4. The summed E-state index contributed by atoms with van der Waals surface area (Å²) in [5.74, 6) is -1.74. The van der Waals surface area contributed by atoms with Gasteiger partial charge in [0.1, 0.15) is 11.9 Å². The van der Waals surface area contributed by atoms with Crippen molar-refractivity contribution in [3.8, 4) is 0 Å². The number of carbonyl (C=O) groups excluding carboxylic acids is 2. The van der Waals surface area contributed by atoms with Crippen molar-refractivity contribution in [2.75, 3.05) is 0 Å². The SMILES string of the molecule is CCCCC1OC(=O)C(C)C(O)C(C)C(C)C(C)CC(C)C(=O)C(C)C(O)C1C. The first kappa shape index (κ1) is 26.1. The first-order valence-corrected chi connectivity index (χ1v) is 11.5. The van der Waals surface area contributed by atoms with Crippen molar-refractivity contribution in [2.24, 2.45) is 41.4 Å². The zero-order valence-corrected chi connectivity index (χ0v) is 19.7. The number of cyclic esters (lactones) is 1. The van der Waals surface area contributed by atoms with Gasteiger partial charge in [-0.25, -0.2) is 0 Å². The Labute approximate surface area is 177 Å². The molecule has 0 spiro atoms. The highest BCUT2D eigenvalue weighted by Crippen LogP contribution is 2.34. The minimum absolute atomic E-state index is 0.0580. The number of ether oxygens (including phenoxy) is 1. The second-order valence-electron chi connectivity index (χ2n) is 9.77. The molecule has 0 bridgehead atoms. The Morgan fingerprint density at radius 1 is 0.862 bits per heavy atom. The molecular formula is C24H44O5. The average molecular weight is 413 g/mol. The molecule has 0 aromatic carbocycles. The van der Waals surface area contributed by atoms with Crippen molar-refractivity contribution < 1.29 is 24.5 Å². The van der Waals surface area contributed by atoms with Gasteiger partial charge in [0.25, 0.3) is 0 Å². The van der Waals surface area contributed by atoms with Crippen molar-refractivity contribution in [3.63, 3.8) is 0 Å². The van der Waals surface area contributed by atoms with Gasteiger partial charge >= 0.3 is 5.97 Å². The van der Waals surface area contributed by atoms with E-state index in [4.69, 9.17) is 4.74 Å². The number of aliphatic hydroxyl groups is 2. The molecule has 1 fully saturated rings. The lowest BCUT2D eigenvalue weighted by molar-refractivity contribution is -0.165. The van der Waals surface area contributed by atoms with Crippen molar-refractivity contribution in [3.05, 3.63) is 0 Å². The monoisotopic (exact) mass is 412 g/mol. The molecule has 1 aliphatic rings. The van der Waals surface area contributed by atoms with Crippen LogP contribution in [0.5, 0.6) is 0 Å². The molecule has 5 heteroatoms. The van der Waals surface area contributed by atoms with Gasteiger partial charge in [0.2, 0.25) is 0 Å². The Hall–Kier alpha value is -0.940. The summed E-state index contributed by atoms with van der Waals surface area (Å²) in [6.45, 7) is 15.5. The molecule has 170 valence electrons. The maximum absolute atomic E-state index is 13.0. The van der Waals surface area contributed by atoms with Crippen LogP contribution in [0.2, 0.25) is 0 Å². The van der Waals surface area contributed by atoms with E-state index in [1.54, 1.807) is 13.8 Å². The zero-order chi connectivity index (χ0) is 22.5. The molecule has 5 nitrogen and oxygen atoms in total. The van der Waals surface area contributed by atoms with Crippen LogP contribution in [0, 0.1) is 41.4 Å². The van der Waals surface area contributed by atoms with Crippen molar-refractivity contribution >= 4 is 11.8 Å². The van der Waals surface area contributed by atoms with Gasteiger partial charge in [-0.1, -0.05) is 61.3 Å². The molecule has 0 amide bonds. The molecule has 1 aliphatic heterocycles. The summed E-state index contributed by atoms with van der Waals surface area (Å²) in [4.78, 5) is 25.8.